The molecule has 0 spiro atoms. The molecule has 0 aromatic rings. The van der Waals surface area contributed by atoms with Crippen LogP contribution in [0.4, 0.5) is 0 Å². The van der Waals surface area contributed by atoms with Crippen LogP contribution in [0.3, 0.4) is 0 Å². The molecule has 56 valence electrons. The van der Waals surface area contributed by atoms with Crippen molar-refractivity contribution >= 4 is 0 Å². The Morgan fingerprint density at radius 2 is 1.18 bits per heavy atom. The van der Waals surface area contributed by atoms with Crippen LogP contribution in [0.1, 0.15) is 32.1 Å². The quantitative estimate of drug-likeness (QED) is 0.348. The Hall–Kier alpha value is 1.64. The average Bonchev–Trinajstić information content (AvgIpc) is 1.82. The van der Waals surface area contributed by atoms with E-state index in [1.807, 2.05) is 0 Å². The third-order valence-corrected chi connectivity index (χ3v) is 3.76. The Morgan fingerprint density at radius 1 is 0.727 bits per heavy atom. The van der Waals surface area contributed by atoms with Crippen LogP contribution in [0, 0.1) is 30.1 Å². The maximum Gasteiger partial charge on any atom is 1.00 e. The molecule has 4 fully saturated rings. The molecule has 4 rings (SSSR count). The maximum absolute atomic E-state index is 2.66. The molecular weight excluding hydrogens is 159 g/mol. The van der Waals surface area contributed by atoms with Crippen molar-refractivity contribution in [1.29, 1.82) is 0 Å². The molecule has 0 atom stereocenters. The van der Waals surface area contributed by atoms with Crippen molar-refractivity contribution in [3.63, 3.8) is 0 Å². The van der Waals surface area contributed by atoms with Crippen LogP contribution >= 0.6 is 0 Å². The molecule has 0 aliphatic heterocycles. The molecule has 0 saturated heterocycles. The molecule has 0 nitrogen and oxygen atoms in total. The van der Waals surface area contributed by atoms with Crippen LogP contribution in [0.25, 0.3) is 0 Å². The van der Waals surface area contributed by atoms with Gasteiger partial charge in [0.1, 0.15) is 0 Å². The zero-order valence-electron chi connectivity index (χ0n) is 7.42. The van der Waals surface area contributed by atoms with E-state index in [0.717, 1.165) is 23.7 Å². The van der Waals surface area contributed by atoms with Gasteiger partial charge >= 0.3 is 51.4 Å². The van der Waals surface area contributed by atoms with Crippen molar-refractivity contribution in [2.75, 3.05) is 0 Å². The second-order valence-corrected chi connectivity index (χ2v) is 4.62. The molecule has 0 unspecified atom stereocenters. The summed E-state index contributed by atoms with van der Waals surface area (Å²) in [4.78, 5) is 0. The van der Waals surface area contributed by atoms with E-state index in [2.05, 4.69) is 6.42 Å². The zero-order chi connectivity index (χ0) is 6.55. The second-order valence-electron chi connectivity index (χ2n) is 4.62. The fraction of sp³-hybridized carbons (Fsp3) is 0.900. The molecule has 0 N–H and O–H groups in total. The maximum atomic E-state index is 2.66. The summed E-state index contributed by atoms with van der Waals surface area (Å²) < 4.78 is 0. The average molecular weight is 174 g/mol. The van der Waals surface area contributed by atoms with Crippen molar-refractivity contribution in [1.82, 2.24) is 0 Å². The van der Waals surface area contributed by atoms with Gasteiger partial charge in [-0.15, -0.1) is 0 Å². The first-order valence-corrected chi connectivity index (χ1v) is 4.75. The second kappa shape index (κ2) is 3.41. The minimum atomic E-state index is 0. The Morgan fingerprint density at radius 3 is 1.55 bits per heavy atom. The Labute approximate surface area is 112 Å². The van der Waals surface area contributed by atoms with Crippen molar-refractivity contribution in [2.45, 2.75) is 32.1 Å². The van der Waals surface area contributed by atoms with Gasteiger partial charge in [0.25, 0.3) is 0 Å². The van der Waals surface area contributed by atoms with Crippen LogP contribution in [0.2, 0.25) is 0 Å². The first-order valence-electron chi connectivity index (χ1n) is 4.75. The van der Waals surface area contributed by atoms with Crippen molar-refractivity contribution in [3.05, 3.63) is 6.42 Å². The molecule has 0 aromatic carbocycles. The van der Waals surface area contributed by atoms with Gasteiger partial charge < -0.3 is 6.42 Å². The monoisotopic (exact) mass is 174 g/mol. The topological polar surface area (TPSA) is 0 Å². The normalized spacial score (nSPS) is 52.4. The summed E-state index contributed by atoms with van der Waals surface area (Å²) in [6.07, 6.45) is 10.4. The van der Waals surface area contributed by atoms with E-state index in [0.29, 0.717) is 0 Å². The predicted octanol–water partition coefficient (Wildman–Crippen LogP) is -0.349. The number of hydrogen-bond donors (Lipinski definition) is 0. The summed E-state index contributed by atoms with van der Waals surface area (Å²) in [7, 11) is 0. The molecule has 11 heavy (non-hydrogen) atoms. The minimum absolute atomic E-state index is 0. The van der Waals surface area contributed by atoms with Gasteiger partial charge in [0.05, 0.1) is 0 Å². The number of rotatable bonds is 0. The van der Waals surface area contributed by atoms with Crippen LogP contribution in [-0.2, 0) is 0 Å². The molecule has 4 aliphatic carbocycles. The largest absolute Gasteiger partial charge is 1.00 e. The van der Waals surface area contributed by atoms with Gasteiger partial charge in [0.2, 0.25) is 0 Å². The summed E-state index contributed by atoms with van der Waals surface area (Å²) in [5.41, 5.74) is 0. The molecule has 4 saturated carbocycles. The van der Waals surface area contributed by atoms with Gasteiger partial charge in [0, 0.05) is 0 Å². The summed E-state index contributed by atoms with van der Waals surface area (Å²) in [5.74, 6) is 4.40. The molecular formula is C10H15K. The van der Waals surface area contributed by atoms with Gasteiger partial charge in [-0.3, -0.25) is 0 Å². The van der Waals surface area contributed by atoms with Crippen molar-refractivity contribution in [2.24, 2.45) is 23.7 Å². The van der Waals surface area contributed by atoms with Gasteiger partial charge in [-0.05, 0) is 18.3 Å². The predicted molar refractivity (Wildman–Crippen MR) is 41.3 cm³/mol. The van der Waals surface area contributed by atoms with Gasteiger partial charge in [0.15, 0.2) is 0 Å². The summed E-state index contributed by atoms with van der Waals surface area (Å²) in [5, 5.41) is 0. The zero-order valence-corrected chi connectivity index (χ0v) is 10.5. The van der Waals surface area contributed by atoms with E-state index in [1.165, 1.54) is 0 Å². The molecule has 0 radical (unpaired) electrons. The van der Waals surface area contributed by atoms with Crippen LogP contribution < -0.4 is 51.4 Å². The first-order chi connectivity index (χ1) is 4.90. The standard InChI is InChI=1S/C10H15.K/c1-7-2-9-4-8(1)5-10(3-7)6-9;/h1,7-10H,2-6H2;/q-1;+1. The third-order valence-electron chi connectivity index (χ3n) is 3.76. The van der Waals surface area contributed by atoms with E-state index in [1.54, 1.807) is 32.1 Å². The Bertz CT molecular complexity index is 96.4. The first kappa shape index (κ1) is 9.20. The van der Waals surface area contributed by atoms with Gasteiger partial charge in [-0.2, -0.15) is 11.8 Å². The minimum Gasteiger partial charge on any atom is -0.322 e. The fourth-order valence-corrected chi connectivity index (χ4v) is 3.65. The fourth-order valence-electron chi connectivity index (χ4n) is 3.65. The molecule has 1 heteroatoms. The molecule has 0 aromatic heterocycles. The van der Waals surface area contributed by atoms with Crippen LogP contribution in [0.15, 0.2) is 0 Å². The van der Waals surface area contributed by atoms with Gasteiger partial charge in [-0.25, -0.2) is 0 Å². The van der Waals surface area contributed by atoms with Crippen molar-refractivity contribution < 1.29 is 51.4 Å². The third kappa shape index (κ3) is 1.64. The van der Waals surface area contributed by atoms with Gasteiger partial charge in [-0.1, -0.05) is 25.7 Å². The number of hydrogen-bond acceptors (Lipinski definition) is 0. The van der Waals surface area contributed by atoms with E-state index < -0.39 is 0 Å². The SMILES string of the molecule is [CH-]1C2CC3CC1CC(C2)C3.[K+]. The Balaban J connectivity index is 0.000000480. The van der Waals surface area contributed by atoms with E-state index >= 15 is 0 Å². The smallest absolute Gasteiger partial charge is 0.322 e. The molecule has 0 amide bonds. The van der Waals surface area contributed by atoms with Crippen LogP contribution in [-0.4, -0.2) is 0 Å². The molecule has 4 bridgehead atoms. The summed E-state index contributed by atoms with van der Waals surface area (Å²) in [6, 6.07) is 0. The van der Waals surface area contributed by atoms with Crippen molar-refractivity contribution in [3.8, 4) is 0 Å². The van der Waals surface area contributed by atoms with E-state index in [-0.39, 0.29) is 51.4 Å². The molecule has 4 aliphatic rings. The Kier molecular flexibility index (Phi) is 2.86. The summed E-state index contributed by atoms with van der Waals surface area (Å²) >= 11 is 0. The van der Waals surface area contributed by atoms with E-state index in [9.17, 15) is 0 Å². The summed E-state index contributed by atoms with van der Waals surface area (Å²) in [6.45, 7) is 0. The van der Waals surface area contributed by atoms with E-state index in [4.69, 9.17) is 0 Å². The molecule has 0 heterocycles. The van der Waals surface area contributed by atoms with Crippen LogP contribution in [0.5, 0.6) is 0 Å².